The second-order valence-electron chi connectivity index (χ2n) is 3.58. The summed E-state index contributed by atoms with van der Waals surface area (Å²) in [6.07, 6.45) is 2.97. The Kier molecular flexibility index (Phi) is 3.10. The van der Waals surface area contributed by atoms with Crippen molar-refractivity contribution in [1.82, 2.24) is 0 Å². The molecule has 0 spiro atoms. The van der Waals surface area contributed by atoms with Gasteiger partial charge in [-0.3, -0.25) is 0 Å². The number of esters is 1. The molecular formula is C14H12O3. The Labute approximate surface area is 99.0 Å². The van der Waals surface area contributed by atoms with Crippen LogP contribution in [0.25, 0.3) is 10.8 Å². The Morgan fingerprint density at radius 2 is 2.12 bits per heavy atom. The van der Waals surface area contributed by atoms with Crippen LogP contribution >= 0.6 is 0 Å². The molecule has 0 heterocycles. The number of ether oxygens (including phenoxy) is 1. The van der Waals surface area contributed by atoms with E-state index in [0.29, 0.717) is 5.75 Å². The number of carbonyl (C=O) groups excluding carboxylic acids is 1. The molecule has 0 aromatic heterocycles. The summed E-state index contributed by atoms with van der Waals surface area (Å²) < 4.78 is 5.10. The highest BCUT2D eigenvalue weighted by Gasteiger charge is 2.03. The van der Waals surface area contributed by atoms with Gasteiger partial charge >= 0.3 is 5.97 Å². The first-order chi connectivity index (χ1) is 8.20. The van der Waals surface area contributed by atoms with Gasteiger partial charge in [-0.1, -0.05) is 18.2 Å². The summed E-state index contributed by atoms with van der Waals surface area (Å²) in [6, 6.07) is 10.3. The zero-order valence-electron chi connectivity index (χ0n) is 9.38. The summed E-state index contributed by atoms with van der Waals surface area (Å²) in [5, 5.41) is 11.2. The summed E-state index contributed by atoms with van der Waals surface area (Å²) in [7, 11) is 0. The third-order valence-electron chi connectivity index (χ3n) is 2.35. The lowest BCUT2D eigenvalue weighted by Crippen LogP contribution is -2.03. The van der Waals surface area contributed by atoms with Crippen LogP contribution in [0.15, 0.2) is 48.6 Å². The molecule has 0 atom stereocenters. The Morgan fingerprint density at radius 1 is 1.29 bits per heavy atom. The van der Waals surface area contributed by atoms with Gasteiger partial charge in [-0.2, -0.15) is 0 Å². The van der Waals surface area contributed by atoms with Crippen molar-refractivity contribution in [3.63, 3.8) is 0 Å². The van der Waals surface area contributed by atoms with E-state index < -0.39 is 5.97 Å². The number of aromatic hydroxyl groups is 1. The molecule has 2 aromatic rings. The molecule has 0 fully saturated rings. The number of phenolic OH excluding ortho intramolecular Hbond substituents is 1. The van der Waals surface area contributed by atoms with Gasteiger partial charge in [-0.25, -0.2) is 4.79 Å². The second-order valence-corrected chi connectivity index (χ2v) is 3.58. The molecule has 0 bridgehead atoms. The largest absolute Gasteiger partial charge is 0.507 e. The molecule has 3 nitrogen and oxygen atoms in total. The molecule has 0 unspecified atom stereocenters. The van der Waals surface area contributed by atoms with Crippen molar-refractivity contribution in [1.29, 1.82) is 0 Å². The van der Waals surface area contributed by atoms with Gasteiger partial charge in [0.1, 0.15) is 11.5 Å². The highest BCUT2D eigenvalue weighted by molar-refractivity contribution is 5.90. The molecule has 0 radical (unpaired) electrons. The van der Waals surface area contributed by atoms with E-state index in [1.54, 1.807) is 43.3 Å². The van der Waals surface area contributed by atoms with E-state index in [9.17, 15) is 9.90 Å². The zero-order chi connectivity index (χ0) is 12.3. The van der Waals surface area contributed by atoms with E-state index in [0.717, 1.165) is 10.8 Å². The highest BCUT2D eigenvalue weighted by Crippen LogP contribution is 2.27. The molecule has 1 N–H and O–H groups in total. The summed E-state index contributed by atoms with van der Waals surface area (Å²) in [6.45, 7) is 1.75. The summed E-state index contributed by atoms with van der Waals surface area (Å²) in [4.78, 5) is 11.3. The average Bonchev–Trinajstić information content (AvgIpc) is 2.29. The van der Waals surface area contributed by atoms with Crippen LogP contribution in [-0.4, -0.2) is 11.1 Å². The molecular weight excluding hydrogens is 216 g/mol. The predicted octanol–water partition coefficient (Wildman–Crippen LogP) is 3.03. The van der Waals surface area contributed by atoms with Crippen LogP contribution in [0, 0.1) is 0 Å². The maximum absolute atomic E-state index is 11.3. The van der Waals surface area contributed by atoms with Crippen LogP contribution in [0.2, 0.25) is 0 Å². The third-order valence-corrected chi connectivity index (χ3v) is 2.35. The second kappa shape index (κ2) is 4.70. The first-order valence-electron chi connectivity index (χ1n) is 5.27. The van der Waals surface area contributed by atoms with E-state index >= 15 is 0 Å². The van der Waals surface area contributed by atoms with Crippen molar-refractivity contribution < 1.29 is 14.6 Å². The quantitative estimate of drug-likeness (QED) is 0.488. The number of hydrogen-bond acceptors (Lipinski definition) is 3. The number of rotatable bonds is 2. The number of carbonyl (C=O) groups is 1. The first-order valence-corrected chi connectivity index (χ1v) is 5.27. The molecule has 0 aliphatic carbocycles. The topological polar surface area (TPSA) is 46.5 Å². The van der Waals surface area contributed by atoms with Crippen LogP contribution in [0.5, 0.6) is 11.5 Å². The van der Waals surface area contributed by atoms with Crippen molar-refractivity contribution in [2.24, 2.45) is 0 Å². The Morgan fingerprint density at radius 3 is 2.88 bits per heavy atom. The summed E-state index contributed by atoms with van der Waals surface area (Å²) in [5.74, 6) is 0.270. The van der Waals surface area contributed by atoms with Crippen LogP contribution in [0.1, 0.15) is 6.92 Å². The van der Waals surface area contributed by atoms with Gasteiger partial charge in [-0.15, -0.1) is 0 Å². The standard InChI is InChI=1S/C14H12O3/c1-2-4-14(16)17-11-7-8-12-10(9-11)5-3-6-13(12)15/h2-9,15H,1H3/b4-2+. The molecule has 0 amide bonds. The van der Waals surface area contributed by atoms with Crippen molar-refractivity contribution in [3.8, 4) is 11.5 Å². The zero-order valence-corrected chi connectivity index (χ0v) is 9.38. The van der Waals surface area contributed by atoms with E-state index in [-0.39, 0.29) is 5.75 Å². The van der Waals surface area contributed by atoms with E-state index in [1.165, 1.54) is 6.08 Å². The molecule has 17 heavy (non-hydrogen) atoms. The minimum atomic E-state index is -0.410. The number of phenols is 1. The van der Waals surface area contributed by atoms with E-state index in [1.807, 2.05) is 6.07 Å². The molecule has 2 aromatic carbocycles. The van der Waals surface area contributed by atoms with Gasteiger partial charge in [0.15, 0.2) is 0 Å². The Hall–Kier alpha value is -2.29. The number of hydrogen-bond donors (Lipinski definition) is 1. The van der Waals surface area contributed by atoms with Crippen molar-refractivity contribution in [2.75, 3.05) is 0 Å². The van der Waals surface area contributed by atoms with Gasteiger partial charge in [-0.05, 0) is 36.6 Å². The maximum Gasteiger partial charge on any atom is 0.335 e. The van der Waals surface area contributed by atoms with Crippen LogP contribution in [0.4, 0.5) is 0 Å². The molecule has 0 aliphatic heterocycles. The maximum atomic E-state index is 11.3. The van der Waals surface area contributed by atoms with Crippen molar-refractivity contribution in [3.05, 3.63) is 48.6 Å². The number of fused-ring (bicyclic) bond motifs is 1. The molecule has 0 aliphatic rings. The van der Waals surface area contributed by atoms with E-state index in [4.69, 9.17) is 4.74 Å². The molecule has 0 saturated carbocycles. The fourth-order valence-corrected chi connectivity index (χ4v) is 1.59. The van der Waals surface area contributed by atoms with Gasteiger partial charge in [0.25, 0.3) is 0 Å². The SMILES string of the molecule is C/C=C/C(=O)Oc1ccc2c(O)cccc2c1. The summed E-state index contributed by atoms with van der Waals surface area (Å²) >= 11 is 0. The lowest BCUT2D eigenvalue weighted by Gasteiger charge is -2.04. The molecule has 3 heteroatoms. The Balaban J connectivity index is 2.35. The fourth-order valence-electron chi connectivity index (χ4n) is 1.59. The van der Waals surface area contributed by atoms with Crippen LogP contribution in [-0.2, 0) is 4.79 Å². The molecule has 0 saturated heterocycles. The Bertz CT molecular complexity index is 585. The van der Waals surface area contributed by atoms with Crippen molar-refractivity contribution in [2.45, 2.75) is 6.92 Å². The van der Waals surface area contributed by atoms with Crippen LogP contribution in [0.3, 0.4) is 0 Å². The van der Waals surface area contributed by atoms with Crippen molar-refractivity contribution >= 4 is 16.7 Å². The minimum Gasteiger partial charge on any atom is -0.507 e. The molecule has 2 rings (SSSR count). The third kappa shape index (κ3) is 2.45. The van der Waals surface area contributed by atoms with Gasteiger partial charge < -0.3 is 9.84 Å². The fraction of sp³-hybridized carbons (Fsp3) is 0.0714. The normalized spacial score (nSPS) is 10.9. The monoisotopic (exact) mass is 228 g/mol. The predicted molar refractivity (Wildman–Crippen MR) is 66.1 cm³/mol. The molecule has 86 valence electrons. The van der Waals surface area contributed by atoms with Gasteiger partial charge in [0, 0.05) is 11.5 Å². The number of benzene rings is 2. The smallest absolute Gasteiger partial charge is 0.335 e. The summed E-state index contributed by atoms with van der Waals surface area (Å²) in [5.41, 5.74) is 0. The van der Waals surface area contributed by atoms with Gasteiger partial charge in [0.05, 0.1) is 0 Å². The van der Waals surface area contributed by atoms with E-state index in [2.05, 4.69) is 0 Å². The van der Waals surface area contributed by atoms with Crippen LogP contribution < -0.4 is 4.74 Å². The lowest BCUT2D eigenvalue weighted by atomic mass is 10.1. The number of allylic oxidation sites excluding steroid dienone is 1. The van der Waals surface area contributed by atoms with Gasteiger partial charge in [0.2, 0.25) is 0 Å². The lowest BCUT2D eigenvalue weighted by molar-refractivity contribution is -0.128. The highest BCUT2D eigenvalue weighted by atomic mass is 16.5. The first kappa shape index (κ1) is 11.2. The average molecular weight is 228 g/mol. The minimum absolute atomic E-state index is 0.217.